The number of para-hydroxylation sites is 1. The van der Waals surface area contributed by atoms with Crippen LogP contribution in [0.2, 0.25) is 5.02 Å². The van der Waals surface area contributed by atoms with Crippen LogP contribution in [0.3, 0.4) is 0 Å². The van der Waals surface area contributed by atoms with E-state index in [1.165, 1.54) is 12.1 Å². The fourth-order valence-corrected chi connectivity index (χ4v) is 4.05. The van der Waals surface area contributed by atoms with Crippen molar-refractivity contribution < 1.29 is 14.0 Å². The Morgan fingerprint density at radius 2 is 1.72 bits per heavy atom. The molecule has 0 radical (unpaired) electrons. The number of hydrogen-bond donors (Lipinski definition) is 1. The SMILES string of the molecule is O=C(NC1CC(=O)N(c2ccc(F)cc2)C1)N1CCN(c2ccccc2Cl)CC1. The van der Waals surface area contributed by atoms with E-state index in [4.69, 9.17) is 11.6 Å². The number of benzene rings is 2. The van der Waals surface area contributed by atoms with E-state index in [2.05, 4.69) is 10.2 Å². The lowest BCUT2D eigenvalue weighted by molar-refractivity contribution is -0.117. The van der Waals surface area contributed by atoms with Crippen LogP contribution in [0.4, 0.5) is 20.6 Å². The van der Waals surface area contributed by atoms with E-state index in [0.717, 1.165) is 5.69 Å². The summed E-state index contributed by atoms with van der Waals surface area (Å²) in [7, 11) is 0. The van der Waals surface area contributed by atoms with Gasteiger partial charge in [-0.3, -0.25) is 4.79 Å². The highest BCUT2D eigenvalue weighted by Crippen LogP contribution is 2.26. The van der Waals surface area contributed by atoms with Gasteiger partial charge in [-0.25, -0.2) is 9.18 Å². The van der Waals surface area contributed by atoms with Gasteiger partial charge >= 0.3 is 6.03 Å². The largest absolute Gasteiger partial charge is 0.367 e. The maximum Gasteiger partial charge on any atom is 0.317 e. The Labute approximate surface area is 173 Å². The molecule has 2 saturated heterocycles. The maximum absolute atomic E-state index is 13.1. The van der Waals surface area contributed by atoms with Gasteiger partial charge in [0.05, 0.1) is 16.8 Å². The van der Waals surface area contributed by atoms with Gasteiger partial charge in [-0.05, 0) is 36.4 Å². The number of urea groups is 1. The molecule has 29 heavy (non-hydrogen) atoms. The van der Waals surface area contributed by atoms with Crippen molar-refractivity contribution in [3.63, 3.8) is 0 Å². The first-order chi connectivity index (χ1) is 14.0. The number of rotatable bonds is 3. The third kappa shape index (κ3) is 4.29. The molecule has 0 aromatic heterocycles. The normalized spacial score (nSPS) is 19.6. The van der Waals surface area contributed by atoms with Gasteiger partial charge in [0.1, 0.15) is 5.82 Å². The van der Waals surface area contributed by atoms with Crippen molar-refractivity contribution in [2.24, 2.45) is 0 Å². The van der Waals surface area contributed by atoms with Crippen LogP contribution in [-0.2, 0) is 4.79 Å². The number of carbonyl (C=O) groups is 2. The Hall–Kier alpha value is -2.80. The second-order valence-corrected chi connectivity index (χ2v) is 7.66. The van der Waals surface area contributed by atoms with Gasteiger partial charge in [0, 0.05) is 44.8 Å². The molecule has 2 aliphatic rings. The zero-order valence-corrected chi connectivity index (χ0v) is 16.6. The van der Waals surface area contributed by atoms with Gasteiger partial charge in [0.15, 0.2) is 0 Å². The zero-order valence-electron chi connectivity index (χ0n) is 15.9. The van der Waals surface area contributed by atoms with Gasteiger partial charge in [-0.15, -0.1) is 0 Å². The van der Waals surface area contributed by atoms with Crippen LogP contribution in [0.15, 0.2) is 48.5 Å². The van der Waals surface area contributed by atoms with Crippen LogP contribution in [-0.4, -0.2) is 55.6 Å². The maximum atomic E-state index is 13.1. The zero-order chi connectivity index (χ0) is 20.4. The molecule has 1 N–H and O–H groups in total. The molecule has 2 fully saturated rings. The fraction of sp³-hybridized carbons (Fsp3) is 0.333. The monoisotopic (exact) mass is 416 g/mol. The summed E-state index contributed by atoms with van der Waals surface area (Å²) in [6.07, 6.45) is 0.239. The summed E-state index contributed by atoms with van der Waals surface area (Å²) in [6, 6.07) is 13.1. The van der Waals surface area contributed by atoms with Crippen molar-refractivity contribution in [3.8, 4) is 0 Å². The van der Waals surface area contributed by atoms with Crippen molar-refractivity contribution in [3.05, 3.63) is 59.4 Å². The molecule has 0 spiro atoms. The average Bonchev–Trinajstić information content (AvgIpc) is 3.09. The molecule has 1 atom stereocenters. The van der Waals surface area contributed by atoms with Crippen molar-refractivity contribution in [1.29, 1.82) is 0 Å². The van der Waals surface area contributed by atoms with E-state index in [0.29, 0.717) is 43.4 Å². The van der Waals surface area contributed by atoms with Gasteiger partial charge in [0.2, 0.25) is 5.91 Å². The third-order valence-electron chi connectivity index (χ3n) is 5.35. The summed E-state index contributed by atoms with van der Waals surface area (Å²) in [5.74, 6) is -0.424. The van der Waals surface area contributed by atoms with Crippen molar-refractivity contribution in [2.75, 3.05) is 42.5 Å². The van der Waals surface area contributed by atoms with E-state index < -0.39 is 0 Å². The minimum Gasteiger partial charge on any atom is -0.367 e. The van der Waals surface area contributed by atoms with Crippen molar-refractivity contribution in [1.82, 2.24) is 10.2 Å². The van der Waals surface area contributed by atoms with Crippen molar-refractivity contribution in [2.45, 2.75) is 12.5 Å². The quantitative estimate of drug-likeness (QED) is 0.836. The minimum atomic E-state index is -0.346. The van der Waals surface area contributed by atoms with Crippen molar-refractivity contribution >= 4 is 34.9 Å². The number of nitrogens with one attached hydrogen (secondary N) is 1. The van der Waals surface area contributed by atoms with Gasteiger partial charge in [-0.2, -0.15) is 0 Å². The summed E-state index contributed by atoms with van der Waals surface area (Å²) in [4.78, 5) is 30.5. The van der Waals surface area contributed by atoms with E-state index in [-0.39, 0.29) is 30.2 Å². The highest BCUT2D eigenvalue weighted by molar-refractivity contribution is 6.33. The second-order valence-electron chi connectivity index (χ2n) is 7.26. The summed E-state index contributed by atoms with van der Waals surface area (Å²) in [6.45, 7) is 2.94. The predicted octanol–water partition coefficient (Wildman–Crippen LogP) is 3.12. The molecule has 152 valence electrons. The van der Waals surface area contributed by atoms with E-state index in [9.17, 15) is 14.0 Å². The lowest BCUT2D eigenvalue weighted by Crippen LogP contribution is -2.54. The Morgan fingerprint density at radius 1 is 1.03 bits per heavy atom. The number of piperazine rings is 1. The lowest BCUT2D eigenvalue weighted by atomic mass is 10.2. The molecule has 2 aromatic rings. The minimum absolute atomic E-state index is 0.0783. The van der Waals surface area contributed by atoms with Crippen LogP contribution >= 0.6 is 11.6 Å². The van der Waals surface area contributed by atoms with Crippen LogP contribution in [0, 0.1) is 5.82 Å². The Balaban J connectivity index is 1.31. The first-order valence-electron chi connectivity index (χ1n) is 9.62. The third-order valence-corrected chi connectivity index (χ3v) is 5.67. The number of nitrogens with zero attached hydrogens (tertiary/aromatic N) is 3. The van der Waals surface area contributed by atoms with Crippen LogP contribution in [0.25, 0.3) is 0 Å². The number of carbonyl (C=O) groups excluding carboxylic acids is 2. The topological polar surface area (TPSA) is 55.9 Å². The van der Waals surface area contributed by atoms with E-state index >= 15 is 0 Å². The Bertz CT molecular complexity index is 900. The van der Waals surface area contributed by atoms with Gasteiger partial charge in [-0.1, -0.05) is 23.7 Å². The first kappa shape index (κ1) is 19.5. The van der Waals surface area contributed by atoms with E-state index in [1.807, 2.05) is 24.3 Å². The molecule has 2 aliphatic heterocycles. The molecule has 0 bridgehead atoms. The van der Waals surface area contributed by atoms with Crippen LogP contribution in [0.1, 0.15) is 6.42 Å². The summed E-state index contributed by atoms with van der Waals surface area (Å²) in [5.41, 5.74) is 1.62. The molecule has 0 saturated carbocycles. The molecule has 8 heteroatoms. The highest BCUT2D eigenvalue weighted by atomic mass is 35.5. The lowest BCUT2D eigenvalue weighted by Gasteiger charge is -2.36. The number of amides is 3. The first-order valence-corrected chi connectivity index (χ1v) is 10.00. The van der Waals surface area contributed by atoms with Crippen LogP contribution in [0.5, 0.6) is 0 Å². The van der Waals surface area contributed by atoms with Crippen LogP contribution < -0.4 is 15.1 Å². The fourth-order valence-electron chi connectivity index (χ4n) is 3.80. The molecule has 1 unspecified atom stereocenters. The smallest absolute Gasteiger partial charge is 0.317 e. The standard InChI is InChI=1S/C21H22ClFN4O2/c22-18-3-1-2-4-19(18)25-9-11-26(12-10-25)21(29)24-16-13-20(28)27(14-16)17-7-5-15(23)6-8-17/h1-8,16H,9-14H2,(H,24,29). The van der Waals surface area contributed by atoms with Gasteiger partial charge in [0.25, 0.3) is 0 Å². The number of hydrogen-bond acceptors (Lipinski definition) is 3. The summed E-state index contributed by atoms with van der Waals surface area (Å²) >= 11 is 6.26. The summed E-state index contributed by atoms with van der Waals surface area (Å²) in [5, 5.41) is 3.67. The molecular weight excluding hydrogens is 395 g/mol. The molecular formula is C21H22ClFN4O2. The van der Waals surface area contributed by atoms with Gasteiger partial charge < -0.3 is 20.0 Å². The molecule has 6 nitrogen and oxygen atoms in total. The second kappa shape index (κ2) is 8.29. The Kier molecular flexibility index (Phi) is 5.58. The van der Waals surface area contributed by atoms with E-state index in [1.54, 1.807) is 21.9 Å². The Morgan fingerprint density at radius 3 is 2.41 bits per heavy atom. The molecule has 0 aliphatic carbocycles. The molecule has 3 amide bonds. The molecule has 4 rings (SSSR count). The predicted molar refractivity (Wildman–Crippen MR) is 111 cm³/mol. The average molecular weight is 417 g/mol. The number of halogens is 2. The molecule has 2 aromatic carbocycles. The highest BCUT2D eigenvalue weighted by Gasteiger charge is 2.33. The molecule has 2 heterocycles. The number of anilines is 2. The summed E-state index contributed by atoms with van der Waals surface area (Å²) < 4.78 is 13.1.